The molecule has 0 fully saturated rings. The minimum atomic E-state index is -0.345. The smallest absolute Gasteiger partial charge is 0.273 e. The number of phenolic OH excluding ortho intramolecular Hbond substituents is 1. The second-order valence-electron chi connectivity index (χ2n) is 8.11. The molecule has 1 amide bonds. The first kappa shape index (κ1) is 19.2. The number of rotatable bonds is 5. The molecule has 5 rings (SSSR count). The molecule has 0 bridgehead atoms. The Kier molecular flexibility index (Phi) is 4.62. The lowest BCUT2D eigenvalue weighted by Crippen LogP contribution is -2.29. The summed E-state index contributed by atoms with van der Waals surface area (Å²) in [6, 6.07) is 18.7. The lowest BCUT2D eigenvalue weighted by atomic mass is 9.93. The molecule has 1 atom stereocenters. The van der Waals surface area contributed by atoms with Gasteiger partial charge in [0.15, 0.2) is 0 Å². The highest BCUT2D eigenvalue weighted by molar-refractivity contribution is 6.00. The van der Waals surface area contributed by atoms with Gasteiger partial charge in [-0.15, -0.1) is 0 Å². The first-order valence-corrected chi connectivity index (χ1v) is 10.3. The summed E-state index contributed by atoms with van der Waals surface area (Å²) in [5.41, 5.74) is 4.62. The molecule has 31 heavy (non-hydrogen) atoms. The minimum Gasteiger partial charge on any atom is -0.507 e. The molecule has 4 aromatic rings. The number of phenols is 1. The molecule has 0 aliphatic carbocycles. The summed E-state index contributed by atoms with van der Waals surface area (Å²) in [5, 5.41) is 17.8. The van der Waals surface area contributed by atoms with E-state index in [-0.39, 0.29) is 17.7 Å². The second kappa shape index (κ2) is 7.47. The molecule has 2 aromatic carbocycles. The van der Waals surface area contributed by atoms with E-state index in [9.17, 15) is 9.90 Å². The molecule has 156 valence electrons. The van der Waals surface area contributed by atoms with Crippen LogP contribution in [0.4, 0.5) is 0 Å². The number of aromatic hydroxyl groups is 1. The first-order valence-electron chi connectivity index (χ1n) is 10.3. The van der Waals surface area contributed by atoms with Crippen molar-refractivity contribution >= 4 is 5.91 Å². The zero-order valence-corrected chi connectivity index (χ0v) is 17.4. The van der Waals surface area contributed by atoms with E-state index >= 15 is 0 Å². The van der Waals surface area contributed by atoms with Gasteiger partial charge in [-0.3, -0.25) is 9.89 Å². The number of hydrogen-bond acceptors (Lipinski definition) is 4. The zero-order valence-electron chi connectivity index (χ0n) is 17.4. The molecule has 6 heteroatoms. The lowest BCUT2D eigenvalue weighted by Gasteiger charge is -2.26. The van der Waals surface area contributed by atoms with Crippen molar-refractivity contribution in [1.29, 1.82) is 0 Å². The molecule has 3 heterocycles. The highest BCUT2D eigenvalue weighted by Crippen LogP contribution is 2.45. The number of carbonyl (C=O) groups excluding carboxylic acids is 1. The molecular weight excluding hydrogens is 390 g/mol. The van der Waals surface area contributed by atoms with E-state index in [1.54, 1.807) is 23.3 Å². The van der Waals surface area contributed by atoms with Crippen LogP contribution in [0, 0.1) is 0 Å². The van der Waals surface area contributed by atoms with E-state index in [2.05, 4.69) is 48.3 Å². The first-order chi connectivity index (χ1) is 15.0. The van der Waals surface area contributed by atoms with Crippen LogP contribution in [0.3, 0.4) is 0 Å². The van der Waals surface area contributed by atoms with Crippen molar-refractivity contribution in [2.45, 2.75) is 32.4 Å². The fourth-order valence-corrected chi connectivity index (χ4v) is 4.22. The maximum atomic E-state index is 13.4. The Morgan fingerprint density at radius 2 is 1.87 bits per heavy atom. The SMILES string of the molecule is CC(C)c1ccc(C2c3c(-c4ccccc4O)n[nH]c3C(=O)N2Cc2ccco2)cc1. The van der Waals surface area contributed by atoms with Crippen LogP contribution in [0.1, 0.15) is 58.7 Å². The number of nitrogens with zero attached hydrogens (tertiary/aromatic N) is 2. The Labute approximate surface area is 180 Å². The molecule has 1 aliphatic heterocycles. The third kappa shape index (κ3) is 3.20. The molecule has 1 unspecified atom stereocenters. The topological polar surface area (TPSA) is 82.4 Å². The summed E-state index contributed by atoms with van der Waals surface area (Å²) in [4.78, 5) is 15.1. The lowest BCUT2D eigenvalue weighted by molar-refractivity contribution is 0.0717. The number of fused-ring (bicyclic) bond motifs is 1. The number of aromatic nitrogens is 2. The number of furan rings is 1. The number of benzene rings is 2. The van der Waals surface area contributed by atoms with Gasteiger partial charge in [-0.05, 0) is 41.3 Å². The van der Waals surface area contributed by atoms with Crippen molar-refractivity contribution in [2.24, 2.45) is 0 Å². The predicted octanol–water partition coefficient (Wildman–Crippen LogP) is 5.24. The molecular formula is C25H23N3O3. The summed E-state index contributed by atoms with van der Waals surface area (Å²) in [5.74, 6) is 1.11. The van der Waals surface area contributed by atoms with Crippen molar-refractivity contribution in [3.63, 3.8) is 0 Å². The molecule has 0 radical (unpaired) electrons. The van der Waals surface area contributed by atoms with E-state index in [0.717, 1.165) is 11.1 Å². The maximum Gasteiger partial charge on any atom is 0.273 e. The highest BCUT2D eigenvalue weighted by Gasteiger charge is 2.42. The standard InChI is InChI=1S/C25H23N3O3/c1-15(2)16-9-11-17(12-10-16)24-21-22(19-7-3-4-8-20(19)29)26-27-23(21)25(30)28(24)14-18-6-5-13-31-18/h3-13,15,24,29H,14H2,1-2H3,(H,26,27). The van der Waals surface area contributed by atoms with Gasteiger partial charge in [-0.1, -0.05) is 50.2 Å². The van der Waals surface area contributed by atoms with Gasteiger partial charge < -0.3 is 14.4 Å². The van der Waals surface area contributed by atoms with Crippen molar-refractivity contribution < 1.29 is 14.3 Å². The number of aromatic amines is 1. The van der Waals surface area contributed by atoms with E-state index in [0.29, 0.717) is 35.2 Å². The van der Waals surface area contributed by atoms with Gasteiger partial charge in [0.1, 0.15) is 22.9 Å². The molecule has 0 spiro atoms. The third-order valence-corrected chi connectivity index (χ3v) is 5.85. The quantitative estimate of drug-likeness (QED) is 0.468. The molecule has 2 aromatic heterocycles. The summed E-state index contributed by atoms with van der Waals surface area (Å²) < 4.78 is 5.53. The minimum absolute atomic E-state index is 0.127. The maximum absolute atomic E-state index is 13.4. The van der Waals surface area contributed by atoms with Crippen LogP contribution >= 0.6 is 0 Å². The molecule has 0 saturated heterocycles. The Balaban J connectivity index is 1.66. The number of H-pyrrole nitrogens is 1. The fraction of sp³-hybridized carbons (Fsp3) is 0.200. The Bertz CT molecular complexity index is 1220. The molecule has 2 N–H and O–H groups in total. The number of nitrogens with one attached hydrogen (secondary N) is 1. The van der Waals surface area contributed by atoms with Crippen LogP contribution in [0.2, 0.25) is 0 Å². The van der Waals surface area contributed by atoms with Crippen molar-refractivity contribution in [1.82, 2.24) is 15.1 Å². The molecule has 6 nitrogen and oxygen atoms in total. The van der Waals surface area contributed by atoms with E-state index < -0.39 is 0 Å². The van der Waals surface area contributed by atoms with Gasteiger partial charge in [0.2, 0.25) is 0 Å². The Morgan fingerprint density at radius 3 is 2.55 bits per heavy atom. The van der Waals surface area contributed by atoms with Crippen LogP contribution in [0.15, 0.2) is 71.3 Å². The van der Waals surface area contributed by atoms with Gasteiger partial charge >= 0.3 is 0 Å². The highest BCUT2D eigenvalue weighted by atomic mass is 16.3. The van der Waals surface area contributed by atoms with Crippen LogP contribution in [0.25, 0.3) is 11.3 Å². The van der Waals surface area contributed by atoms with Gasteiger partial charge in [0, 0.05) is 11.1 Å². The summed E-state index contributed by atoms with van der Waals surface area (Å²) in [7, 11) is 0. The van der Waals surface area contributed by atoms with Gasteiger partial charge in [-0.25, -0.2) is 0 Å². The molecule has 0 saturated carbocycles. The van der Waals surface area contributed by atoms with E-state index in [4.69, 9.17) is 4.42 Å². The van der Waals surface area contributed by atoms with Crippen molar-refractivity contribution in [3.05, 3.63) is 95.1 Å². The number of amides is 1. The summed E-state index contributed by atoms with van der Waals surface area (Å²) in [6.07, 6.45) is 1.61. The van der Waals surface area contributed by atoms with Crippen LogP contribution in [0.5, 0.6) is 5.75 Å². The van der Waals surface area contributed by atoms with Crippen molar-refractivity contribution in [3.8, 4) is 17.0 Å². The normalized spacial score (nSPS) is 15.6. The summed E-state index contributed by atoms with van der Waals surface area (Å²) >= 11 is 0. The van der Waals surface area contributed by atoms with Crippen molar-refractivity contribution in [2.75, 3.05) is 0 Å². The predicted molar refractivity (Wildman–Crippen MR) is 117 cm³/mol. The number of hydrogen-bond donors (Lipinski definition) is 2. The molecule has 1 aliphatic rings. The van der Waals surface area contributed by atoms with E-state index in [1.807, 2.05) is 24.3 Å². The third-order valence-electron chi connectivity index (χ3n) is 5.85. The van der Waals surface area contributed by atoms with Gasteiger partial charge in [0.25, 0.3) is 5.91 Å². The average molecular weight is 413 g/mol. The Hall–Kier alpha value is -3.80. The summed E-state index contributed by atoms with van der Waals surface area (Å²) in [6.45, 7) is 4.65. The van der Waals surface area contributed by atoms with Crippen LogP contribution in [-0.4, -0.2) is 26.1 Å². The van der Waals surface area contributed by atoms with Gasteiger partial charge in [-0.2, -0.15) is 5.10 Å². The van der Waals surface area contributed by atoms with Crippen LogP contribution in [-0.2, 0) is 6.54 Å². The fourth-order valence-electron chi connectivity index (χ4n) is 4.22. The van der Waals surface area contributed by atoms with Gasteiger partial charge in [0.05, 0.1) is 18.8 Å². The van der Waals surface area contributed by atoms with E-state index in [1.165, 1.54) is 5.56 Å². The largest absolute Gasteiger partial charge is 0.507 e. The number of carbonyl (C=O) groups is 1. The average Bonchev–Trinajstić information content (AvgIpc) is 3.49. The second-order valence-corrected chi connectivity index (χ2v) is 8.11. The monoisotopic (exact) mass is 413 g/mol. The Morgan fingerprint density at radius 1 is 1.10 bits per heavy atom. The zero-order chi connectivity index (χ0) is 21.5. The van der Waals surface area contributed by atoms with Crippen LogP contribution < -0.4 is 0 Å². The number of para-hydroxylation sites is 1.